The molecule has 0 saturated carbocycles. The van der Waals surface area contributed by atoms with Crippen molar-refractivity contribution in [3.63, 3.8) is 0 Å². The number of hydrogen-bond acceptors (Lipinski definition) is 9. The van der Waals surface area contributed by atoms with Crippen LogP contribution in [0.4, 0.5) is 0 Å². The van der Waals surface area contributed by atoms with Crippen LogP contribution in [-0.4, -0.2) is 81.5 Å². The van der Waals surface area contributed by atoms with Gasteiger partial charge in [0.2, 0.25) is 0 Å². The number of ether oxygens (including phenoxy) is 3. The Balaban J connectivity index is 2.11. The van der Waals surface area contributed by atoms with Gasteiger partial charge < -0.3 is 45.5 Å². The molecule has 1 unspecified atom stereocenters. The van der Waals surface area contributed by atoms with Gasteiger partial charge in [-0.3, -0.25) is 0 Å². The van der Waals surface area contributed by atoms with Crippen LogP contribution in [0.5, 0.6) is 5.75 Å². The third-order valence-corrected chi connectivity index (χ3v) is 4.21. The summed E-state index contributed by atoms with van der Waals surface area (Å²) in [7, 11) is 0. The van der Waals surface area contributed by atoms with Gasteiger partial charge in [0.1, 0.15) is 30.7 Å². The summed E-state index contributed by atoms with van der Waals surface area (Å²) in [5.74, 6) is -3.21. The molecule has 0 amide bonds. The summed E-state index contributed by atoms with van der Waals surface area (Å²) in [4.78, 5) is 11.8. The number of carboxylic acids is 1. The summed E-state index contributed by atoms with van der Waals surface area (Å²) in [5.41, 5.74) is 5.97. The average Bonchev–Trinajstić information content (AvgIpc) is 2.67. The summed E-state index contributed by atoms with van der Waals surface area (Å²) >= 11 is 0. The maximum absolute atomic E-state index is 11.8. The number of benzene rings is 1. The molecule has 1 aliphatic rings. The Hall–Kier alpha value is -1.79. The molecule has 0 aliphatic carbocycles. The lowest BCUT2D eigenvalue weighted by Crippen LogP contribution is -2.62. The first kappa shape index (κ1) is 21.5. The predicted molar refractivity (Wildman–Crippen MR) is 90.7 cm³/mol. The minimum Gasteiger partial charge on any atom is -0.492 e. The fourth-order valence-corrected chi connectivity index (χ4v) is 2.71. The van der Waals surface area contributed by atoms with Crippen LogP contribution in [-0.2, 0) is 20.9 Å². The van der Waals surface area contributed by atoms with Gasteiger partial charge in [0.15, 0.2) is 0 Å². The minimum absolute atomic E-state index is 0.172. The van der Waals surface area contributed by atoms with E-state index < -0.39 is 49.2 Å². The van der Waals surface area contributed by atoms with Crippen LogP contribution < -0.4 is 10.5 Å². The predicted octanol–water partition coefficient (Wildman–Crippen LogP) is -1.81. The second kappa shape index (κ2) is 9.42. The maximum atomic E-state index is 11.8. The van der Waals surface area contributed by atoms with Crippen molar-refractivity contribution in [1.29, 1.82) is 0 Å². The van der Waals surface area contributed by atoms with Crippen molar-refractivity contribution >= 4 is 5.97 Å². The molecule has 152 valence electrons. The quantitative estimate of drug-likeness (QED) is 0.283. The number of carbonyl (C=O) groups is 1. The zero-order valence-corrected chi connectivity index (χ0v) is 14.6. The molecule has 1 fully saturated rings. The minimum atomic E-state index is -2.28. The fourth-order valence-electron chi connectivity index (χ4n) is 2.71. The molecule has 0 bridgehead atoms. The van der Waals surface area contributed by atoms with Crippen LogP contribution in [0, 0.1) is 0 Å². The second-order valence-electron chi connectivity index (χ2n) is 6.22. The highest BCUT2D eigenvalue weighted by atomic mass is 16.7. The smallest absolute Gasteiger partial charge is 0.364 e. The van der Waals surface area contributed by atoms with Crippen molar-refractivity contribution in [2.24, 2.45) is 5.73 Å². The number of aliphatic hydroxyl groups excluding tert-OH is 4. The Morgan fingerprint density at radius 3 is 2.56 bits per heavy atom. The SMILES string of the molecule is NCCOc1ccc(CO[C@]2(C(=O)O)C[C@@H](O)[C@@H](O)C([C@H](O)CO)O2)cc1. The summed E-state index contributed by atoms with van der Waals surface area (Å²) in [6.45, 7) is -0.221. The number of aliphatic carboxylic acids is 1. The highest BCUT2D eigenvalue weighted by molar-refractivity contribution is 5.76. The van der Waals surface area contributed by atoms with Crippen LogP contribution in [0.15, 0.2) is 24.3 Å². The van der Waals surface area contributed by atoms with Gasteiger partial charge in [-0.15, -0.1) is 0 Å². The molecule has 1 saturated heterocycles. The van der Waals surface area contributed by atoms with E-state index in [0.717, 1.165) is 0 Å². The summed E-state index contributed by atoms with van der Waals surface area (Å²) in [5, 5.41) is 48.3. The van der Waals surface area contributed by atoms with Gasteiger partial charge in [0, 0.05) is 13.0 Å². The lowest BCUT2D eigenvalue weighted by Gasteiger charge is -2.43. The van der Waals surface area contributed by atoms with E-state index in [9.17, 15) is 25.2 Å². The largest absolute Gasteiger partial charge is 0.492 e. The molecule has 10 heteroatoms. The molecule has 7 N–H and O–H groups in total. The van der Waals surface area contributed by atoms with E-state index in [4.69, 9.17) is 25.1 Å². The zero-order chi connectivity index (χ0) is 20.0. The second-order valence-corrected chi connectivity index (χ2v) is 6.22. The van der Waals surface area contributed by atoms with E-state index in [0.29, 0.717) is 24.5 Å². The van der Waals surface area contributed by atoms with Crippen LogP contribution in [0.3, 0.4) is 0 Å². The van der Waals surface area contributed by atoms with Gasteiger partial charge >= 0.3 is 5.97 Å². The van der Waals surface area contributed by atoms with Crippen LogP contribution >= 0.6 is 0 Å². The van der Waals surface area contributed by atoms with E-state index >= 15 is 0 Å². The summed E-state index contributed by atoms with van der Waals surface area (Å²) in [6, 6.07) is 6.66. The van der Waals surface area contributed by atoms with Crippen LogP contribution in [0.2, 0.25) is 0 Å². The number of rotatable bonds is 9. The Morgan fingerprint density at radius 2 is 2.00 bits per heavy atom. The summed E-state index contributed by atoms with van der Waals surface area (Å²) < 4.78 is 16.1. The van der Waals surface area contributed by atoms with E-state index in [1.54, 1.807) is 24.3 Å². The van der Waals surface area contributed by atoms with Gasteiger partial charge in [-0.1, -0.05) is 12.1 Å². The Kier molecular flexibility index (Phi) is 7.50. The van der Waals surface area contributed by atoms with Gasteiger partial charge in [-0.25, -0.2) is 4.79 Å². The third-order valence-electron chi connectivity index (χ3n) is 4.21. The first-order chi connectivity index (χ1) is 12.8. The van der Waals surface area contributed by atoms with Crippen molar-refractivity contribution in [2.45, 2.75) is 43.2 Å². The molecule has 0 radical (unpaired) electrons. The monoisotopic (exact) mass is 387 g/mol. The molecule has 1 heterocycles. The van der Waals surface area contributed by atoms with Crippen molar-refractivity contribution in [1.82, 2.24) is 0 Å². The van der Waals surface area contributed by atoms with E-state index in [2.05, 4.69) is 0 Å². The first-order valence-electron chi connectivity index (χ1n) is 8.45. The Bertz CT molecular complexity index is 611. The Labute approximate surface area is 155 Å². The van der Waals surface area contributed by atoms with Gasteiger partial charge in [-0.2, -0.15) is 0 Å². The average molecular weight is 387 g/mol. The normalized spacial score (nSPS) is 29.3. The summed E-state index contributed by atoms with van der Waals surface area (Å²) in [6.07, 6.45) is -6.75. The molecule has 27 heavy (non-hydrogen) atoms. The molecule has 5 atom stereocenters. The van der Waals surface area contributed by atoms with Crippen LogP contribution in [0.1, 0.15) is 12.0 Å². The highest BCUT2D eigenvalue weighted by Crippen LogP contribution is 2.33. The first-order valence-corrected chi connectivity index (χ1v) is 8.45. The molecule has 0 spiro atoms. The standard InChI is InChI=1S/C17H25NO9/c18-5-6-25-11-3-1-10(2-4-11)9-26-17(16(23)24)7-12(20)14(22)15(27-17)13(21)8-19/h1-4,12-15,19-22H,5-9,18H2,(H,23,24)/t12-,13-,14-,15?,17-/m1/s1. The molecule has 1 aromatic rings. The van der Waals surface area contributed by atoms with Crippen LogP contribution in [0.25, 0.3) is 0 Å². The Morgan fingerprint density at radius 1 is 1.33 bits per heavy atom. The molecule has 10 nitrogen and oxygen atoms in total. The van der Waals surface area contributed by atoms with Gasteiger partial charge in [0.25, 0.3) is 5.79 Å². The lowest BCUT2D eigenvalue weighted by atomic mass is 9.92. The molecular weight excluding hydrogens is 362 g/mol. The van der Waals surface area contributed by atoms with Crippen molar-refractivity contribution in [3.05, 3.63) is 29.8 Å². The highest BCUT2D eigenvalue weighted by Gasteiger charge is 2.54. The zero-order valence-electron chi connectivity index (χ0n) is 14.6. The molecule has 1 aromatic carbocycles. The number of carboxylic acid groups (broad SMARTS) is 1. The number of hydrogen-bond donors (Lipinski definition) is 6. The molecule has 2 rings (SSSR count). The topological polar surface area (TPSA) is 172 Å². The molecular formula is C17H25NO9. The van der Waals surface area contributed by atoms with E-state index in [-0.39, 0.29) is 6.61 Å². The van der Waals surface area contributed by atoms with E-state index in [1.807, 2.05) is 0 Å². The fraction of sp³-hybridized carbons (Fsp3) is 0.588. The maximum Gasteiger partial charge on any atom is 0.364 e. The van der Waals surface area contributed by atoms with Crippen molar-refractivity contribution in [2.75, 3.05) is 19.8 Å². The third kappa shape index (κ3) is 5.14. The molecule has 1 aliphatic heterocycles. The number of aliphatic hydroxyl groups is 4. The van der Waals surface area contributed by atoms with Gasteiger partial charge in [-0.05, 0) is 17.7 Å². The number of nitrogens with two attached hydrogens (primary N) is 1. The lowest BCUT2D eigenvalue weighted by molar-refractivity contribution is -0.326. The molecule has 0 aromatic heterocycles. The van der Waals surface area contributed by atoms with Crippen molar-refractivity contribution < 1.29 is 44.5 Å². The van der Waals surface area contributed by atoms with Crippen molar-refractivity contribution in [3.8, 4) is 5.75 Å². The van der Waals surface area contributed by atoms with Gasteiger partial charge in [0.05, 0.1) is 19.3 Å². The van der Waals surface area contributed by atoms with E-state index in [1.165, 1.54) is 0 Å².